The van der Waals surface area contributed by atoms with Crippen LogP contribution in [-0.2, 0) is 28.5 Å². The Morgan fingerprint density at radius 1 is 0.808 bits per heavy atom. The summed E-state index contributed by atoms with van der Waals surface area (Å²) in [5.41, 5.74) is -0.370. The SMILES string of the molecule is CC(=O)O[C@H]1CC[C@@]2(C)[C@@H](CC[C@@H]3[C@@H]2C[C@@H](OC(=O)c2ccccc2)[C@]2(C)[C@H]4[C@H](C)[C@@]5(CC[C@](C)(COC(=O)c6ccccc6)O5)O[C@@]4(O)C[C@@H]32)C1. The molecule has 0 amide bonds. The highest BCUT2D eigenvalue weighted by molar-refractivity contribution is 5.89. The third-order valence-electron chi connectivity index (χ3n) is 14.9. The molecule has 4 saturated carbocycles. The molecule has 8 rings (SSSR count). The normalized spacial score (nSPS) is 44.6. The highest BCUT2D eigenvalue weighted by atomic mass is 16.8. The number of carbonyl (C=O) groups is 3. The number of esters is 3. The Kier molecular flexibility index (Phi) is 8.70. The molecule has 2 aliphatic heterocycles. The highest BCUT2D eigenvalue weighted by Gasteiger charge is 2.78. The summed E-state index contributed by atoms with van der Waals surface area (Å²) < 4.78 is 31.9. The predicted octanol–water partition coefficient (Wildman–Crippen LogP) is 7.50. The molecule has 9 heteroatoms. The molecule has 13 atom stereocenters. The molecule has 6 fully saturated rings. The summed E-state index contributed by atoms with van der Waals surface area (Å²) in [5, 5.41) is 12.8. The first-order chi connectivity index (χ1) is 24.7. The van der Waals surface area contributed by atoms with Gasteiger partial charge in [-0.15, -0.1) is 0 Å². The van der Waals surface area contributed by atoms with Crippen molar-refractivity contribution in [3.63, 3.8) is 0 Å². The molecular weight excluding hydrogens is 660 g/mol. The monoisotopic (exact) mass is 714 g/mol. The van der Waals surface area contributed by atoms with Gasteiger partial charge in [0, 0.05) is 37.0 Å². The quantitative estimate of drug-likeness (QED) is 0.240. The number of hydrogen-bond donors (Lipinski definition) is 1. The average molecular weight is 715 g/mol. The number of carbonyl (C=O) groups excluding carboxylic acids is 3. The molecule has 0 bridgehead atoms. The smallest absolute Gasteiger partial charge is 0.338 e. The van der Waals surface area contributed by atoms with Crippen LogP contribution in [0.2, 0.25) is 0 Å². The van der Waals surface area contributed by atoms with Crippen molar-refractivity contribution in [2.24, 2.45) is 46.3 Å². The van der Waals surface area contributed by atoms with Crippen LogP contribution in [-0.4, -0.2) is 59.0 Å². The van der Waals surface area contributed by atoms with E-state index >= 15 is 0 Å². The van der Waals surface area contributed by atoms with Crippen molar-refractivity contribution in [2.75, 3.05) is 6.61 Å². The summed E-state index contributed by atoms with van der Waals surface area (Å²) >= 11 is 0. The van der Waals surface area contributed by atoms with E-state index in [1.54, 1.807) is 36.4 Å². The zero-order valence-electron chi connectivity index (χ0n) is 31.2. The van der Waals surface area contributed by atoms with Crippen molar-refractivity contribution in [3.8, 4) is 0 Å². The summed E-state index contributed by atoms with van der Waals surface area (Å²) in [5.74, 6) is -2.98. The Hall–Kier alpha value is -3.27. The summed E-state index contributed by atoms with van der Waals surface area (Å²) in [4.78, 5) is 38.6. The second-order valence-electron chi connectivity index (χ2n) is 17.7. The lowest BCUT2D eigenvalue weighted by molar-refractivity contribution is -0.321. The number of hydrogen-bond acceptors (Lipinski definition) is 9. The number of aliphatic hydroxyl groups is 1. The topological polar surface area (TPSA) is 118 Å². The maximum atomic E-state index is 13.9. The van der Waals surface area contributed by atoms with Crippen LogP contribution in [0.3, 0.4) is 0 Å². The van der Waals surface area contributed by atoms with Crippen LogP contribution in [0.25, 0.3) is 0 Å². The van der Waals surface area contributed by atoms with Crippen molar-refractivity contribution in [1.82, 2.24) is 0 Å². The van der Waals surface area contributed by atoms with Gasteiger partial charge in [0.05, 0.1) is 11.1 Å². The van der Waals surface area contributed by atoms with Crippen molar-refractivity contribution in [1.29, 1.82) is 0 Å². The highest BCUT2D eigenvalue weighted by Crippen LogP contribution is 2.74. The van der Waals surface area contributed by atoms with Gasteiger partial charge in [-0.2, -0.15) is 0 Å². The third kappa shape index (κ3) is 5.63. The molecule has 9 nitrogen and oxygen atoms in total. The number of ether oxygens (including phenoxy) is 5. The molecule has 2 aromatic carbocycles. The van der Waals surface area contributed by atoms with E-state index in [0.717, 1.165) is 32.1 Å². The van der Waals surface area contributed by atoms with Gasteiger partial charge >= 0.3 is 17.9 Å². The van der Waals surface area contributed by atoms with Crippen LogP contribution in [0.5, 0.6) is 0 Å². The van der Waals surface area contributed by atoms with E-state index in [1.807, 2.05) is 31.2 Å². The van der Waals surface area contributed by atoms with Crippen LogP contribution in [0.4, 0.5) is 0 Å². The molecule has 280 valence electrons. The Bertz CT molecular complexity index is 1700. The molecule has 2 aromatic rings. The minimum absolute atomic E-state index is 0.000122. The minimum Gasteiger partial charge on any atom is -0.463 e. The maximum absolute atomic E-state index is 13.9. The lowest BCUT2D eigenvalue weighted by Crippen LogP contribution is -2.60. The lowest BCUT2D eigenvalue weighted by Gasteiger charge is -2.62. The maximum Gasteiger partial charge on any atom is 0.338 e. The van der Waals surface area contributed by atoms with E-state index in [-0.39, 0.29) is 53.7 Å². The first kappa shape index (κ1) is 35.7. The second kappa shape index (κ2) is 12.7. The molecule has 6 aliphatic rings. The van der Waals surface area contributed by atoms with Crippen molar-refractivity contribution in [3.05, 3.63) is 71.8 Å². The van der Waals surface area contributed by atoms with Crippen molar-refractivity contribution in [2.45, 2.75) is 122 Å². The van der Waals surface area contributed by atoms with Gasteiger partial charge in [0.2, 0.25) is 0 Å². The fourth-order valence-corrected chi connectivity index (χ4v) is 12.5. The number of fused-ring (bicyclic) bond motifs is 7. The lowest BCUT2D eigenvalue weighted by atomic mass is 9.43. The van der Waals surface area contributed by atoms with Gasteiger partial charge in [0.1, 0.15) is 24.4 Å². The van der Waals surface area contributed by atoms with Gasteiger partial charge in [-0.1, -0.05) is 57.2 Å². The van der Waals surface area contributed by atoms with Crippen LogP contribution in [0.1, 0.15) is 113 Å². The van der Waals surface area contributed by atoms with Crippen LogP contribution in [0, 0.1) is 46.3 Å². The third-order valence-corrected chi connectivity index (χ3v) is 14.9. The van der Waals surface area contributed by atoms with E-state index in [4.69, 9.17) is 23.7 Å². The Balaban J connectivity index is 1.08. The second-order valence-corrected chi connectivity index (χ2v) is 17.7. The molecular formula is C43H54O9. The summed E-state index contributed by atoms with van der Waals surface area (Å²) in [6.07, 6.45) is 6.51. The largest absolute Gasteiger partial charge is 0.463 e. The number of rotatable bonds is 6. The molecule has 52 heavy (non-hydrogen) atoms. The zero-order valence-corrected chi connectivity index (χ0v) is 31.2. The van der Waals surface area contributed by atoms with E-state index in [2.05, 4.69) is 20.8 Å². The van der Waals surface area contributed by atoms with Gasteiger partial charge in [0.15, 0.2) is 11.6 Å². The molecule has 0 radical (unpaired) electrons. The first-order valence-corrected chi connectivity index (χ1v) is 19.5. The fourth-order valence-electron chi connectivity index (χ4n) is 12.5. The minimum atomic E-state index is -1.47. The summed E-state index contributed by atoms with van der Waals surface area (Å²) in [6, 6.07) is 18.1. The fraction of sp³-hybridized carbons (Fsp3) is 0.651. The molecule has 2 saturated heterocycles. The van der Waals surface area contributed by atoms with Gasteiger partial charge in [0.25, 0.3) is 0 Å². The number of benzene rings is 2. The summed E-state index contributed by atoms with van der Waals surface area (Å²) in [6.45, 7) is 10.3. The van der Waals surface area contributed by atoms with Crippen LogP contribution in [0.15, 0.2) is 60.7 Å². The van der Waals surface area contributed by atoms with Gasteiger partial charge in [-0.25, -0.2) is 9.59 Å². The standard InChI is InChI=1S/C43H54O9/c1-26-36-41(5)34(24-42(36,47)52-43(26)21-20-39(3,51-43)25-48-37(45)28-12-8-6-9-13-28)32-17-16-30-22-31(49-27(2)44)18-19-40(30,4)33(32)23-35(41)50-38(46)29-14-10-7-11-15-29/h6-15,26,30-36,47H,16-25H2,1-5H3/t26-,30-,31-,32+,33-,34-,35+,36+,39+,40-,41+,42-,43+/m0/s1. The summed E-state index contributed by atoms with van der Waals surface area (Å²) in [7, 11) is 0. The molecule has 2 heterocycles. The van der Waals surface area contributed by atoms with Gasteiger partial charge in [-0.3, -0.25) is 4.79 Å². The van der Waals surface area contributed by atoms with Crippen molar-refractivity contribution < 1.29 is 43.2 Å². The van der Waals surface area contributed by atoms with E-state index in [0.29, 0.717) is 48.6 Å². The Morgan fingerprint density at radius 2 is 1.48 bits per heavy atom. The molecule has 0 unspecified atom stereocenters. The molecule has 1 spiro atoms. The van der Waals surface area contributed by atoms with Gasteiger partial charge in [-0.05, 0) is 105 Å². The Labute approximate surface area is 307 Å². The van der Waals surface area contributed by atoms with Crippen LogP contribution >= 0.6 is 0 Å². The molecule has 0 aromatic heterocycles. The van der Waals surface area contributed by atoms with Gasteiger partial charge < -0.3 is 28.8 Å². The zero-order chi connectivity index (χ0) is 36.7. The van der Waals surface area contributed by atoms with E-state index in [9.17, 15) is 19.5 Å². The van der Waals surface area contributed by atoms with E-state index in [1.165, 1.54) is 6.92 Å². The average Bonchev–Trinajstić information content (AvgIpc) is 3.67. The van der Waals surface area contributed by atoms with E-state index < -0.39 is 34.7 Å². The van der Waals surface area contributed by atoms with Crippen molar-refractivity contribution >= 4 is 17.9 Å². The predicted molar refractivity (Wildman–Crippen MR) is 191 cm³/mol. The molecule has 1 N–H and O–H groups in total. The Morgan fingerprint density at radius 3 is 2.15 bits per heavy atom. The molecule has 4 aliphatic carbocycles. The van der Waals surface area contributed by atoms with Crippen LogP contribution < -0.4 is 0 Å². The first-order valence-electron chi connectivity index (χ1n) is 19.5.